The maximum atomic E-state index is 12.1. The first-order valence-electron chi connectivity index (χ1n) is 6.36. The highest BCUT2D eigenvalue weighted by molar-refractivity contribution is 5.83. The molecule has 114 valence electrons. The van der Waals surface area contributed by atoms with Gasteiger partial charge in [-0.25, -0.2) is 9.59 Å². The summed E-state index contributed by atoms with van der Waals surface area (Å²) in [7, 11) is 2.82. The lowest BCUT2D eigenvalue weighted by Gasteiger charge is -2.27. The highest BCUT2D eigenvalue weighted by Gasteiger charge is 2.39. The van der Waals surface area contributed by atoms with Gasteiger partial charge in [0.15, 0.2) is 0 Å². The van der Waals surface area contributed by atoms with E-state index >= 15 is 0 Å². The topological polar surface area (TPSA) is 107 Å². The van der Waals surface area contributed by atoms with Gasteiger partial charge in [0.05, 0.1) is 13.2 Å². The number of aliphatic hydroxyl groups excluding tert-OH is 1. The lowest BCUT2D eigenvalue weighted by molar-refractivity contribution is -0.141. The molecule has 2 atom stereocenters. The Morgan fingerprint density at radius 3 is 2.60 bits per heavy atom. The Morgan fingerprint density at radius 2 is 2.05 bits per heavy atom. The van der Waals surface area contributed by atoms with Gasteiger partial charge in [0.25, 0.3) is 0 Å². The molecule has 1 heterocycles. The Balaban J connectivity index is 2.51. The number of hydrogen-bond donors (Lipinski definition) is 2. The van der Waals surface area contributed by atoms with Gasteiger partial charge in [-0.05, 0) is 6.42 Å². The maximum absolute atomic E-state index is 12.1. The number of carbonyl (C=O) groups is 3. The maximum Gasteiger partial charge on any atom is 0.326 e. The van der Waals surface area contributed by atoms with Crippen LogP contribution < -0.4 is 0 Å². The fourth-order valence-electron chi connectivity index (χ4n) is 2.14. The third kappa shape index (κ3) is 4.09. The van der Waals surface area contributed by atoms with Crippen LogP contribution in [0.3, 0.4) is 0 Å². The predicted molar refractivity (Wildman–Crippen MR) is 68.0 cm³/mol. The number of carboxylic acids is 1. The van der Waals surface area contributed by atoms with Crippen LogP contribution >= 0.6 is 0 Å². The van der Waals surface area contributed by atoms with Crippen LogP contribution in [-0.4, -0.2) is 77.4 Å². The van der Waals surface area contributed by atoms with Gasteiger partial charge in [0.2, 0.25) is 0 Å². The highest BCUT2D eigenvalue weighted by Crippen LogP contribution is 2.19. The number of aliphatic hydroxyl groups is 1. The van der Waals surface area contributed by atoms with E-state index in [9.17, 15) is 19.5 Å². The van der Waals surface area contributed by atoms with Crippen LogP contribution in [0.15, 0.2) is 0 Å². The molecule has 0 radical (unpaired) electrons. The van der Waals surface area contributed by atoms with E-state index in [1.165, 1.54) is 19.1 Å². The molecule has 0 bridgehead atoms. The lowest BCUT2D eigenvalue weighted by atomic mass is 10.2. The van der Waals surface area contributed by atoms with Crippen LogP contribution in [0.2, 0.25) is 0 Å². The fourth-order valence-corrected chi connectivity index (χ4v) is 2.14. The first-order chi connectivity index (χ1) is 9.36. The molecular weight excluding hydrogens is 268 g/mol. The van der Waals surface area contributed by atoms with E-state index in [0.29, 0.717) is 13.0 Å². The van der Waals surface area contributed by atoms with Gasteiger partial charge in [0.1, 0.15) is 6.04 Å². The number of nitrogens with zero attached hydrogens (tertiary/aromatic N) is 2. The Bertz CT molecular complexity index is 386. The van der Waals surface area contributed by atoms with Crippen molar-refractivity contribution < 1.29 is 29.3 Å². The zero-order valence-corrected chi connectivity index (χ0v) is 11.6. The van der Waals surface area contributed by atoms with E-state index < -0.39 is 24.1 Å². The number of methoxy groups -OCH3 is 1. The van der Waals surface area contributed by atoms with Crippen molar-refractivity contribution >= 4 is 18.0 Å². The second kappa shape index (κ2) is 7.09. The molecule has 0 aromatic heterocycles. The van der Waals surface area contributed by atoms with Gasteiger partial charge in [-0.15, -0.1) is 0 Å². The van der Waals surface area contributed by atoms with Crippen LogP contribution in [0.5, 0.6) is 0 Å². The average molecular weight is 288 g/mol. The van der Waals surface area contributed by atoms with Gasteiger partial charge in [-0.1, -0.05) is 0 Å². The summed E-state index contributed by atoms with van der Waals surface area (Å²) in [4.78, 5) is 36.6. The highest BCUT2D eigenvalue weighted by atomic mass is 16.5. The zero-order valence-electron chi connectivity index (χ0n) is 11.6. The molecule has 1 fully saturated rings. The largest absolute Gasteiger partial charge is 0.480 e. The Kier molecular flexibility index (Phi) is 5.75. The molecular formula is C12H20N2O6. The van der Waals surface area contributed by atoms with Gasteiger partial charge >= 0.3 is 18.0 Å². The van der Waals surface area contributed by atoms with Crippen LogP contribution in [0.1, 0.15) is 19.3 Å². The van der Waals surface area contributed by atoms with Crippen molar-refractivity contribution in [1.29, 1.82) is 0 Å². The molecule has 0 saturated carbocycles. The third-order valence-electron chi connectivity index (χ3n) is 3.24. The van der Waals surface area contributed by atoms with Gasteiger partial charge in [-0.2, -0.15) is 0 Å². The standard InChI is InChI=1S/C12H20N2O6/c1-13(5-3-4-10(16)20-2)12(19)14-7-8(15)6-9(14)11(17)18/h8-9,15H,3-7H2,1-2H3,(H,17,18)/t8-,9-/m1/s1. The summed E-state index contributed by atoms with van der Waals surface area (Å²) in [5.41, 5.74) is 0. The number of carbonyl (C=O) groups excluding carboxylic acids is 2. The third-order valence-corrected chi connectivity index (χ3v) is 3.24. The average Bonchev–Trinajstić information content (AvgIpc) is 2.79. The number of likely N-dealkylation sites (tertiary alicyclic amines) is 1. The molecule has 2 N–H and O–H groups in total. The summed E-state index contributed by atoms with van der Waals surface area (Å²) in [5.74, 6) is -1.48. The number of carboxylic acid groups (broad SMARTS) is 1. The molecule has 0 unspecified atom stereocenters. The smallest absolute Gasteiger partial charge is 0.326 e. The fraction of sp³-hybridized carbons (Fsp3) is 0.750. The van der Waals surface area contributed by atoms with Crippen molar-refractivity contribution in [2.75, 3.05) is 27.2 Å². The minimum absolute atomic E-state index is 0.0111. The molecule has 1 aliphatic heterocycles. The number of urea groups is 1. The minimum Gasteiger partial charge on any atom is -0.480 e. The number of ether oxygens (including phenoxy) is 1. The first kappa shape index (κ1) is 16.2. The van der Waals surface area contributed by atoms with Crippen molar-refractivity contribution in [3.05, 3.63) is 0 Å². The van der Waals surface area contributed by atoms with E-state index in [1.54, 1.807) is 0 Å². The second-order valence-corrected chi connectivity index (χ2v) is 4.78. The summed E-state index contributed by atoms with van der Waals surface area (Å²) in [6, 6.07) is -1.46. The number of esters is 1. The van der Waals surface area contributed by atoms with E-state index in [4.69, 9.17) is 5.11 Å². The van der Waals surface area contributed by atoms with Crippen molar-refractivity contribution in [3.63, 3.8) is 0 Å². The van der Waals surface area contributed by atoms with Gasteiger partial charge in [0, 0.05) is 33.0 Å². The summed E-state index contributed by atoms with van der Waals surface area (Å²) >= 11 is 0. The number of aliphatic carboxylic acids is 1. The molecule has 0 spiro atoms. The Morgan fingerprint density at radius 1 is 1.40 bits per heavy atom. The number of hydrogen-bond acceptors (Lipinski definition) is 5. The Hall–Kier alpha value is -1.83. The van der Waals surface area contributed by atoms with Crippen molar-refractivity contribution in [2.24, 2.45) is 0 Å². The van der Waals surface area contributed by atoms with Crippen LogP contribution in [0.25, 0.3) is 0 Å². The van der Waals surface area contributed by atoms with Crippen LogP contribution in [-0.2, 0) is 14.3 Å². The molecule has 1 saturated heterocycles. The monoisotopic (exact) mass is 288 g/mol. The minimum atomic E-state index is -1.13. The van der Waals surface area contributed by atoms with Gasteiger partial charge < -0.3 is 24.7 Å². The van der Waals surface area contributed by atoms with E-state index in [2.05, 4.69) is 4.74 Å². The number of amides is 2. The zero-order chi connectivity index (χ0) is 15.3. The number of rotatable bonds is 5. The molecule has 8 heteroatoms. The van der Waals surface area contributed by atoms with Gasteiger partial charge in [-0.3, -0.25) is 4.79 Å². The quantitative estimate of drug-likeness (QED) is 0.661. The molecule has 0 aromatic rings. The van der Waals surface area contributed by atoms with E-state index in [0.717, 1.165) is 4.90 Å². The van der Waals surface area contributed by atoms with Crippen LogP contribution in [0, 0.1) is 0 Å². The normalized spacial score (nSPS) is 21.6. The number of β-amino-alcohol motifs (C(OH)–C–C–N with tert-alkyl or cyclic N) is 1. The summed E-state index contributed by atoms with van der Waals surface area (Å²) in [6.45, 7) is 0.323. The van der Waals surface area contributed by atoms with Crippen molar-refractivity contribution in [3.8, 4) is 0 Å². The molecule has 1 rings (SSSR count). The molecule has 20 heavy (non-hydrogen) atoms. The summed E-state index contributed by atoms with van der Waals surface area (Å²) in [5, 5.41) is 18.5. The molecule has 0 aromatic carbocycles. The molecule has 2 amide bonds. The Labute approximate surface area is 116 Å². The molecule has 0 aliphatic carbocycles. The summed E-state index contributed by atoms with van der Waals surface area (Å²) < 4.78 is 4.49. The molecule has 8 nitrogen and oxygen atoms in total. The summed E-state index contributed by atoms with van der Waals surface area (Å²) in [6.07, 6.45) is -0.150. The van der Waals surface area contributed by atoms with Crippen molar-refractivity contribution in [1.82, 2.24) is 9.80 Å². The first-order valence-corrected chi connectivity index (χ1v) is 6.36. The predicted octanol–water partition coefficient (Wildman–Crippen LogP) is -0.489. The SMILES string of the molecule is COC(=O)CCCN(C)C(=O)N1C[C@H](O)C[C@@H]1C(=O)O. The van der Waals surface area contributed by atoms with E-state index in [-0.39, 0.29) is 25.4 Å². The molecule has 1 aliphatic rings. The van der Waals surface area contributed by atoms with Crippen LogP contribution in [0.4, 0.5) is 4.79 Å². The van der Waals surface area contributed by atoms with Crippen molar-refractivity contribution in [2.45, 2.75) is 31.4 Å². The second-order valence-electron chi connectivity index (χ2n) is 4.78. The van der Waals surface area contributed by atoms with E-state index in [1.807, 2.05) is 0 Å². The lowest BCUT2D eigenvalue weighted by Crippen LogP contribution is -2.47.